The molecule has 1 aromatic rings. The van der Waals surface area contributed by atoms with Gasteiger partial charge in [-0.3, -0.25) is 9.59 Å². The average molecular weight is 329 g/mol. The Bertz CT molecular complexity index is 477. The number of carbonyl (C=O) groups is 2. The van der Waals surface area contributed by atoms with E-state index in [9.17, 15) is 9.59 Å². The van der Waals surface area contributed by atoms with Crippen molar-refractivity contribution in [2.45, 2.75) is 32.2 Å². The van der Waals surface area contributed by atoms with E-state index >= 15 is 0 Å². The first-order valence-corrected chi connectivity index (χ1v) is 6.77. The Morgan fingerprint density at radius 3 is 2.68 bits per heavy atom. The Balaban J connectivity index is 2.55. The number of hydrogen-bond acceptors (Lipinski definition) is 3. The molecular formula is C13H17BrN2O3. The summed E-state index contributed by atoms with van der Waals surface area (Å²) in [4.78, 5) is 21.5. The van der Waals surface area contributed by atoms with Crippen molar-refractivity contribution < 1.29 is 14.7 Å². The molecule has 0 aliphatic rings. The molecule has 1 rings (SSSR count). The van der Waals surface area contributed by atoms with Crippen LogP contribution in [0.3, 0.4) is 0 Å². The highest BCUT2D eigenvalue weighted by Gasteiger charge is 2.08. The first-order valence-electron chi connectivity index (χ1n) is 5.98. The number of hydrogen-bond donors (Lipinski definition) is 3. The third kappa shape index (κ3) is 5.30. The van der Waals surface area contributed by atoms with Crippen LogP contribution in [0.2, 0.25) is 0 Å². The highest BCUT2D eigenvalue weighted by molar-refractivity contribution is 9.10. The number of nitrogens with one attached hydrogen (secondary N) is 1. The highest BCUT2D eigenvalue weighted by Crippen LogP contribution is 2.22. The number of halogens is 1. The molecular weight excluding hydrogens is 312 g/mol. The maximum absolute atomic E-state index is 11.1. The number of anilines is 1. The predicted octanol–water partition coefficient (Wildman–Crippen LogP) is 2.60. The molecule has 1 amide bonds. The summed E-state index contributed by atoms with van der Waals surface area (Å²) in [6, 6.07) is 5.37. The SMILES string of the molecule is CC(CCCC(=O)O)Nc1ccc(C(N)=O)c(Br)c1. The topological polar surface area (TPSA) is 92.4 Å². The van der Waals surface area contributed by atoms with Gasteiger partial charge in [0.05, 0.1) is 5.56 Å². The Hall–Kier alpha value is -1.56. The largest absolute Gasteiger partial charge is 0.481 e. The van der Waals surface area contributed by atoms with Gasteiger partial charge in [-0.25, -0.2) is 0 Å². The van der Waals surface area contributed by atoms with Crippen molar-refractivity contribution in [2.24, 2.45) is 5.73 Å². The molecule has 0 aliphatic carbocycles. The monoisotopic (exact) mass is 328 g/mol. The van der Waals surface area contributed by atoms with Crippen LogP contribution in [0.25, 0.3) is 0 Å². The predicted molar refractivity (Wildman–Crippen MR) is 77.2 cm³/mol. The van der Waals surface area contributed by atoms with Crippen LogP contribution in [0.5, 0.6) is 0 Å². The van der Waals surface area contributed by atoms with E-state index < -0.39 is 11.9 Å². The minimum absolute atomic E-state index is 0.158. The summed E-state index contributed by atoms with van der Waals surface area (Å²) in [5.41, 5.74) is 6.51. The van der Waals surface area contributed by atoms with E-state index in [2.05, 4.69) is 21.2 Å². The van der Waals surface area contributed by atoms with Gasteiger partial charge in [-0.15, -0.1) is 0 Å². The van der Waals surface area contributed by atoms with E-state index in [1.165, 1.54) is 0 Å². The van der Waals surface area contributed by atoms with E-state index in [0.717, 1.165) is 12.1 Å². The van der Waals surface area contributed by atoms with E-state index in [4.69, 9.17) is 10.8 Å². The molecule has 0 radical (unpaired) electrons. The molecule has 1 atom stereocenters. The molecule has 0 aromatic heterocycles. The lowest BCUT2D eigenvalue weighted by Gasteiger charge is -2.15. The Labute approximate surface area is 120 Å². The number of aliphatic carboxylic acids is 1. The molecule has 1 unspecified atom stereocenters. The van der Waals surface area contributed by atoms with Gasteiger partial charge in [0.1, 0.15) is 0 Å². The fraction of sp³-hybridized carbons (Fsp3) is 0.385. The molecule has 0 heterocycles. The van der Waals surface area contributed by atoms with Crippen molar-refractivity contribution in [3.63, 3.8) is 0 Å². The summed E-state index contributed by atoms with van der Waals surface area (Å²) in [5, 5.41) is 11.8. The fourth-order valence-corrected chi connectivity index (χ4v) is 2.30. The van der Waals surface area contributed by atoms with Crippen LogP contribution in [0.4, 0.5) is 5.69 Å². The maximum Gasteiger partial charge on any atom is 0.303 e. The van der Waals surface area contributed by atoms with Crippen molar-refractivity contribution in [1.29, 1.82) is 0 Å². The number of primary amides is 1. The molecule has 19 heavy (non-hydrogen) atoms. The van der Waals surface area contributed by atoms with Gasteiger partial charge in [-0.05, 0) is 53.9 Å². The number of carboxylic acids is 1. The molecule has 6 heteroatoms. The zero-order valence-electron chi connectivity index (χ0n) is 10.6. The average Bonchev–Trinajstić information content (AvgIpc) is 2.27. The molecule has 4 N–H and O–H groups in total. The molecule has 0 saturated heterocycles. The smallest absolute Gasteiger partial charge is 0.303 e. The van der Waals surface area contributed by atoms with Crippen LogP contribution in [-0.2, 0) is 4.79 Å². The first kappa shape index (κ1) is 15.5. The standard InChI is InChI=1S/C13H17BrN2O3/c1-8(3-2-4-12(17)18)16-9-5-6-10(13(15)19)11(14)7-9/h5-8,16H,2-4H2,1H3,(H2,15,19)(H,17,18). The minimum atomic E-state index is -0.777. The van der Waals surface area contributed by atoms with Crippen LogP contribution in [0.15, 0.2) is 22.7 Å². The van der Waals surface area contributed by atoms with Crippen LogP contribution >= 0.6 is 15.9 Å². The van der Waals surface area contributed by atoms with Crippen LogP contribution in [0.1, 0.15) is 36.5 Å². The van der Waals surface area contributed by atoms with Crippen molar-refractivity contribution in [3.8, 4) is 0 Å². The fourth-order valence-electron chi connectivity index (χ4n) is 1.72. The molecule has 0 saturated carbocycles. The summed E-state index contributed by atoms with van der Waals surface area (Å²) >= 11 is 3.29. The quantitative estimate of drug-likeness (QED) is 0.717. The zero-order chi connectivity index (χ0) is 14.4. The van der Waals surface area contributed by atoms with Gasteiger partial charge in [0.15, 0.2) is 0 Å². The first-order chi connectivity index (χ1) is 8.90. The highest BCUT2D eigenvalue weighted by atomic mass is 79.9. The van der Waals surface area contributed by atoms with E-state index in [1.807, 2.05) is 6.92 Å². The molecule has 104 valence electrons. The number of carbonyl (C=O) groups excluding carboxylic acids is 1. The van der Waals surface area contributed by atoms with Crippen molar-refractivity contribution in [3.05, 3.63) is 28.2 Å². The van der Waals surface area contributed by atoms with Crippen molar-refractivity contribution in [1.82, 2.24) is 0 Å². The Morgan fingerprint density at radius 2 is 2.16 bits per heavy atom. The van der Waals surface area contributed by atoms with E-state index in [-0.39, 0.29) is 12.5 Å². The third-order valence-electron chi connectivity index (χ3n) is 2.68. The van der Waals surface area contributed by atoms with E-state index in [0.29, 0.717) is 16.5 Å². The summed E-state index contributed by atoms with van der Waals surface area (Å²) in [5.74, 6) is -1.26. The second-order valence-corrected chi connectivity index (χ2v) is 5.24. The molecule has 1 aromatic carbocycles. The molecule has 0 aliphatic heterocycles. The number of benzene rings is 1. The second kappa shape index (κ2) is 7.13. The maximum atomic E-state index is 11.1. The van der Waals surface area contributed by atoms with Gasteiger partial charge in [0.25, 0.3) is 0 Å². The lowest BCUT2D eigenvalue weighted by atomic mass is 10.1. The Kier molecular flexibility index (Phi) is 5.82. The van der Waals surface area contributed by atoms with Gasteiger partial charge >= 0.3 is 5.97 Å². The third-order valence-corrected chi connectivity index (χ3v) is 3.33. The Morgan fingerprint density at radius 1 is 1.47 bits per heavy atom. The summed E-state index contributed by atoms with van der Waals surface area (Å²) in [6.07, 6.45) is 1.57. The van der Waals surface area contributed by atoms with Crippen molar-refractivity contribution >= 4 is 33.5 Å². The normalized spacial score (nSPS) is 11.9. The molecule has 0 fully saturated rings. The molecule has 0 bridgehead atoms. The van der Waals surface area contributed by atoms with Crippen LogP contribution in [0, 0.1) is 0 Å². The zero-order valence-corrected chi connectivity index (χ0v) is 12.2. The lowest BCUT2D eigenvalue weighted by molar-refractivity contribution is -0.137. The number of rotatable bonds is 7. The summed E-state index contributed by atoms with van der Waals surface area (Å²) < 4.78 is 0.641. The number of nitrogens with two attached hydrogens (primary N) is 1. The molecule has 0 spiro atoms. The second-order valence-electron chi connectivity index (χ2n) is 4.39. The van der Waals surface area contributed by atoms with Gasteiger partial charge in [0, 0.05) is 22.6 Å². The van der Waals surface area contributed by atoms with Crippen LogP contribution < -0.4 is 11.1 Å². The van der Waals surface area contributed by atoms with Crippen molar-refractivity contribution in [2.75, 3.05) is 5.32 Å². The van der Waals surface area contributed by atoms with Gasteiger partial charge in [-0.2, -0.15) is 0 Å². The molecule has 5 nitrogen and oxygen atoms in total. The number of carboxylic acid groups (broad SMARTS) is 1. The summed E-state index contributed by atoms with van der Waals surface area (Å²) in [7, 11) is 0. The van der Waals surface area contributed by atoms with Gasteiger partial charge in [-0.1, -0.05) is 0 Å². The number of amides is 1. The van der Waals surface area contributed by atoms with Gasteiger partial charge < -0.3 is 16.2 Å². The lowest BCUT2D eigenvalue weighted by Crippen LogP contribution is -2.16. The summed E-state index contributed by atoms with van der Waals surface area (Å²) in [6.45, 7) is 1.98. The van der Waals surface area contributed by atoms with Crippen LogP contribution in [-0.4, -0.2) is 23.0 Å². The van der Waals surface area contributed by atoms with Gasteiger partial charge in [0.2, 0.25) is 5.91 Å². The minimum Gasteiger partial charge on any atom is -0.481 e. The van der Waals surface area contributed by atoms with E-state index in [1.54, 1.807) is 18.2 Å².